The van der Waals surface area contributed by atoms with Gasteiger partial charge >= 0.3 is 0 Å². The zero-order chi connectivity index (χ0) is 22.0. The molecule has 0 saturated heterocycles. The lowest BCUT2D eigenvalue weighted by molar-refractivity contribution is -0.384. The van der Waals surface area contributed by atoms with Crippen molar-refractivity contribution in [1.82, 2.24) is 0 Å². The third-order valence-corrected chi connectivity index (χ3v) is 4.57. The average Bonchev–Trinajstić information content (AvgIpc) is 3.25. The van der Waals surface area contributed by atoms with Gasteiger partial charge in [-0.2, -0.15) is 0 Å². The Morgan fingerprint density at radius 2 is 1.26 bits per heavy atom. The second-order valence-electron chi connectivity index (χ2n) is 6.56. The van der Waals surface area contributed by atoms with E-state index in [4.69, 9.17) is 0 Å². The van der Waals surface area contributed by atoms with Crippen molar-refractivity contribution in [3.05, 3.63) is 94.0 Å². The Morgan fingerprint density at radius 3 is 1.87 bits per heavy atom. The Morgan fingerprint density at radius 1 is 0.710 bits per heavy atom. The van der Waals surface area contributed by atoms with Gasteiger partial charge < -0.3 is 10.6 Å². The Labute approximate surface area is 175 Å². The van der Waals surface area contributed by atoms with Crippen LogP contribution in [0, 0.1) is 10.1 Å². The van der Waals surface area contributed by atoms with Gasteiger partial charge in [0.15, 0.2) is 0 Å². The summed E-state index contributed by atoms with van der Waals surface area (Å²) in [5, 5.41) is 15.8. The van der Waals surface area contributed by atoms with E-state index in [0.29, 0.717) is 22.6 Å². The quantitative estimate of drug-likeness (QED) is 0.376. The maximum Gasteiger partial charge on any atom is 0.296 e. The van der Waals surface area contributed by atoms with Crippen LogP contribution in [0.1, 0.15) is 15.9 Å². The number of hydrogen-bond acceptors (Lipinski definition) is 6. The zero-order valence-corrected chi connectivity index (χ0v) is 15.9. The summed E-state index contributed by atoms with van der Waals surface area (Å²) >= 11 is 0. The number of benzene rings is 3. The lowest BCUT2D eigenvalue weighted by Crippen LogP contribution is -2.13. The van der Waals surface area contributed by atoms with Gasteiger partial charge in [0, 0.05) is 17.7 Å². The number of nitrogens with zero attached hydrogens (tertiary/aromatic N) is 2. The lowest BCUT2D eigenvalue weighted by atomic mass is 10.1. The predicted molar refractivity (Wildman–Crippen MR) is 114 cm³/mol. The molecule has 0 saturated carbocycles. The van der Waals surface area contributed by atoms with Crippen LogP contribution < -0.4 is 10.6 Å². The van der Waals surface area contributed by atoms with E-state index < -0.39 is 16.6 Å². The Kier molecular flexibility index (Phi) is 5.07. The molecular formula is C22H14N4O5. The van der Waals surface area contributed by atoms with Crippen molar-refractivity contribution in [2.75, 3.05) is 10.6 Å². The number of amides is 2. The fourth-order valence-corrected chi connectivity index (χ4v) is 3.08. The van der Waals surface area contributed by atoms with Gasteiger partial charge in [-0.25, -0.2) is 4.99 Å². The number of rotatable bonds is 2. The van der Waals surface area contributed by atoms with Crippen LogP contribution in [0.25, 0.3) is 0 Å². The molecule has 9 heteroatoms. The first-order valence-electron chi connectivity index (χ1n) is 9.12. The zero-order valence-electron chi connectivity index (χ0n) is 15.9. The van der Waals surface area contributed by atoms with Crippen LogP contribution >= 0.6 is 0 Å². The topological polar surface area (TPSA) is 131 Å². The fraction of sp³-hybridized carbons (Fsp3) is 0. The molecule has 0 radical (unpaired) electrons. The highest BCUT2D eigenvalue weighted by Gasteiger charge is 2.27. The largest absolute Gasteiger partial charge is 0.320 e. The minimum atomic E-state index is -0.536. The molecule has 2 N–H and O–H groups in total. The highest BCUT2D eigenvalue weighted by Crippen LogP contribution is 2.26. The molecule has 3 aromatic rings. The molecule has 2 aliphatic heterocycles. The van der Waals surface area contributed by atoms with Crippen molar-refractivity contribution in [1.29, 1.82) is 0 Å². The van der Waals surface area contributed by atoms with Crippen LogP contribution in [0.4, 0.5) is 22.7 Å². The molecule has 31 heavy (non-hydrogen) atoms. The highest BCUT2D eigenvalue weighted by atomic mass is 16.6. The summed E-state index contributed by atoms with van der Waals surface area (Å²) in [5.41, 5.74) is 3.34. The number of aliphatic imine (C=N–C) groups is 1. The summed E-state index contributed by atoms with van der Waals surface area (Å²) in [6, 6.07) is 19.8. The molecule has 0 aliphatic carbocycles. The average molecular weight is 414 g/mol. The molecule has 2 aliphatic rings. The van der Waals surface area contributed by atoms with Gasteiger partial charge in [-0.15, -0.1) is 0 Å². The summed E-state index contributed by atoms with van der Waals surface area (Å²) in [7, 11) is 0. The fourth-order valence-electron chi connectivity index (χ4n) is 3.08. The van der Waals surface area contributed by atoms with Gasteiger partial charge in [0.25, 0.3) is 23.3 Å². The van der Waals surface area contributed by atoms with E-state index in [1.54, 1.807) is 36.4 Å². The first-order valence-corrected chi connectivity index (χ1v) is 9.12. The molecule has 2 amide bonds. The normalized spacial score (nSPS) is 14.8. The van der Waals surface area contributed by atoms with E-state index in [2.05, 4.69) is 15.6 Å². The number of nitro benzene ring substituents is 1. The Hall–Kier alpha value is -4.66. The number of para-hydroxylation sites is 2. The number of anilines is 2. The van der Waals surface area contributed by atoms with Crippen molar-refractivity contribution in [2.24, 2.45) is 4.99 Å². The van der Waals surface area contributed by atoms with Gasteiger partial charge in [-0.1, -0.05) is 30.3 Å². The maximum absolute atomic E-state index is 11.9. The Balaban J connectivity index is 0.000000177. The number of hydrogen-bond donors (Lipinski definition) is 2. The molecule has 5 rings (SSSR count). The lowest BCUT2D eigenvalue weighted by Gasteiger charge is -1.97. The van der Waals surface area contributed by atoms with Gasteiger partial charge in [0.2, 0.25) is 0 Å². The monoisotopic (exact) mass is 414 g/mol. The van der Waals surface area contributed by atoms with Crippen LogP contribution in [-0.4, -0.2) is 28.2 Å². The molecule has 3 aromatic carbocycles. The predicted octanol–water partition coefficient (Wildman–Crippen LogP) is 3.49. The molecule has 9 nitrogen and oxygen atoms in total. The molecule has 152 valence electrons. The second-order valence-corrected chi connectivity index (χ2v) is 6.56. The number of non-ortho nitro benzene ring substituents is 1. The number of ketones is 1. The third kappa shape index (κ3) is 3.92. The molecule has 2 heterocycles. The highest BCUT2D eigenvalue weighted by molar-refractivity contribution is 6.54. The van der Waals surface area contributed by atoms with Crippen LogP contribution in [0.15, 0.2) is 77.8 Å². The number of carbonyl (C=O) groups is 3. The molecule has 0 spiro atoms. The summed E-state index contributed by atoms with van der Waals surface area (Å²) in [6.07, 6.45) is 0. The molecular weight excluding hydrogens is 400 g/mol. The standard InChI is InChI=1S/C14H9N3O3.C8H5NO2/c18-14-13(11-3-1-2-4-12(11)16-14)15-9-5-7-10(8-6-9)17(19)20;10-7-5-3-1-2-4-6(5)9-8(7)11/h1-8H,(H,15,16,18);1-4H,(H,9,10,11). The molecule has 0 atom stereocenters. The SMILES string of the molecule is O=C1Nc2ccccc2C1=Nc1ccc([N+](=O)[O-])cc1.O=C1Nc2ccccc2C1=O. The van der Waals surface area contributed by atoms with Crippen LogP contribution in [0.5, 0.6) is 0 Å². The summed E-state index contributed by atoms with van der Waals surface area (Å²) in [5.74, 6) is -1.25. The van der Waals surface area contributed by atoms with Gasteiger partial charge in [-0.3, -0.25) is 24.5 Å². The summed E-state index contributed by atoms with van der Waals surface area (Å²) in [4.78, 5) is 48.0. The minimum absolute atomic E-state index is 0.00905. The number of carbonyl (C=O) groups excluding carboxylic acids is 3. The van der Waals surface area contributed by atoms with E-state index >= 15 is 0 Å². The maximum atomic E-state index is 11.9. The van der Waals surface area contributed by atoms with Crippen molar-refractivity contribution in [2.45, 2.75) is 0 Å². The molecule has 0 unspecified atom stereocenters. The van der Waals surface area contributed by atoms with E-state index in [0.717, 1.165) is 11.3 Å². The van der Waals surface area contributed by atoms with Crippen LogP contribution in [0.3, 0.4) is 0 Å². The first-order chi connectivity index (χ1) is 14.9. The van der Waals surface area contributed by atoms with Crippen molar-refractivity contribution in [3.8, 4) is 0 Å². The molecule has 0 bridgehead atoms. The number of nitro groups is 1. The van der Waals surface area contributed by atoms with E-state index in [1.165, 1.54) is 24.3 Å². The molecule has 0 aromatic heterocycles. The summed E-state index contributed by atoms with van der Waals surface area (Å²) < 4.78 is 0. The van der Waals surface area contributed by atoms with Crippen LogP contribution in [-0.2, 0) is 9.59 Å². The molecule has 0 fully saturated rings. The summed E-state index contributed by atoms with van der Waals surface area (Å²) in [6.45, 7) is 0. The van der Waals surface area contributed by atoms with Crippen molar-refractivity contribution in [3.63, 3.8) is 0 Å². The van der Waals surface area contributed by atoms with E-state index in [1.807, 2.05) is 12.1 Å². The second kappa shape index (κ2) is 7.99. The van der Waals surface area contributed by atoms with E-state index in [-0.39, 0.29) is 11.6 Å². The van der Waals surface area contributed by atoms with Gasteiger partial charge in [0.1, 0.15) is 5.71 Å². The van der Waals surface area contributed by atoms with Crippen molar-refractivity contribution < 1.29 is 19.3 Å². The van der Waals surface area contributed by atoms with E-state index in [9.17, 15) is 24.5 Å². The Bertz CT molecular complexity index is 1260. The minimum Gasteiger partial charge on any atom is -0.320 e. The number of nitrogens with one attached hydrogen (secondary N) is 2. The van der Waals surface area contributed by atoms with Gasteiger partial charge in [-0.05, 0) is 30.3 Å². The number of Topliss-reactive ketones (excluding diaryl/α,β-unsaturated/α-hetero) is 1. The van der Waals surface area contributed by atoms with Crippen molar-refractivity contribution >= 4 is 46.1 Å². The van der Waals surface area contributed by atoms with Crippen LogP contribution in [0.2, 0.25) is 0 Å². The number of fused-ring (bicyclic) bond motifs is 2. The third-order valence-electron chi connectivity index (χ3n) is 4.57. The first kappa shape index (κ1) is 19.6. The van der Waals surface area contributed by atoms with Gasteiger partial charge in [0.05, 0.1) is 27.5 Å². The smallest absolute Gasteiger partial charge is 0.296 e.